The number of H-pyrrole nitrogens is 1. The van der Waals surface area contributed by atoms with E-state index in [0.29, 0.717) is 12.2 Å². The van der Waals surface area contributed by atoms with Crippen molar-refractivity contribution in [2.24, 2.45) is 5.73 Å². The smallest absolute Gasteiger partial charge is 0.142 e. The van der Waals surface area contributed by atoms with E-state index in [1.807, 2.05) is 0 Å². The molecule has 1 aromatic heterocycles. The summed E-state index contributed by atoms with van der Waals surface area (Å²) in [7, 11) is 0. The topological polar surface area (TPSA) is 54.7 Å². The molecule has 5 heteroatoms. The van der Waals surface area contributed by atoms with Gasteiger partial charge in [-0.3, -0.25) is 0 Å². The van der Waals surface area contributed by atoms with Crippen LogP contribution in [0, 0.1) is 5.82 Å². The Bertz CT molecular complexity index is 470. The quantitative estimate of drug-likeness (QED) is 0.865. The van der Waals surface area contributed by atoms with Crippen molar-refractivity contribution in [3.05, 3.63) is 52.8 Å². The number of benzene rings is 1. The number of aromatic amines is 1. The molecule has 0 spiro atoms. The normalized spacial score (nSPS) is 12.7. The van der Waals surface area contributed by atoms with E-state index in [1.165, 1.54) is 12.1 Å². The zero-order chi connectivity index (χ0) is 11.5. The second-order valence-corrected chi connectivity index (χ2v) is 3.94. The van der Waals surface area contributed by atoms with Gasteiger partial charge in [-0.15, -0.1) is 0 Å². The number of hydrogen-bond donors (Lipinski definition) is 2. The third kappa shape index (κ3) is 2.40. The molecule has 0 fully saturated rings. The maximum Gasteiger partial charge on any atom is 0.142 e. The van der Waals surface area contributed by atoms with Crippen LogP contribution in [0.2, 0.25) is 5.02 Å². The number of nitrogens with one attached hydrogen (secondary N) is 1. The van der Waals surface area contributed by atoms with Gasteiger partial charge in [0, 0.05) is 12.4 Å². The first-order chi connectivity index (χ1) is 7.66. The number of rotatable bonds is 3. The fourth-order valence-corrected chi connectivity index (χ4v) is 1.62. The van der Waals surface area contributed by atoms with Gasteiger partial charge < -0.3 is 10.7 Å². The lowest BCUT2D eigenvalue weighted by molar-refractivity contribution is 0.619. The maximum atomic E-state index is 13.2. The summed E-state index contributed by atoms with van der Waals surface area (Å²) in [5, 5.41) is 0.121. The van der Waals surface area contributed by atoms with Gasteiger partial charge in [0.1, 0.15) is 11.6 Å². The first-order valence-corrected chi connectivity index (χ1v) is 5.23. The van der Waals surface area contributed by atoms with Gasteiger partial charge in [-0.25, -0.2) is 9.37 Å². The third-order valence-corrected chi connectivity index (χ3v) is 2.62. The molecule has 1 unspecified atom stereocenters. The Balaban J connectivity index is 2.12. The molecular formula is C11H11ClFN3. The molecule has 0 saturated carbocycles. The van der Waals surface area contributed by atoms with Crippen LogP contribution in [-0.2, 0) is 6.42 Å². The Morgan fingerprint density at radius 2 is 2.31 bits per heavy atom. The monoisotopic (exact) mass is 239 g/mol. The molecule has 3 N–H and O–H groups in total. The molecule has 1 heterocycles. The molecule has 0 bridgehead atoms. The Morgan fingerprint density at radius 1 is 1.50 bits per heavy atom. The standard InChI is InChI=1S/C11H11ClFN3/c12-8-2-1-7(5-9(8)13)6-10(14)11-15-3-4-16-11/h1-5,10H,6,14H2,(H,15,16). The van der Waals surface area contributed by atoms with Gasteiger partial charge in [-0.2, -0.15) is 0 Å². The van der Waals surface area contributed by atoms with E-state index in [-0.39, 0.29) is 11.1 Å². The van der Waals surface area contributed by atoms with Crippen LogP contribution >= 0.6 is 11.6 Å². The zero-order valence-electron chi connectivity index (χ0n) is 8.45. The van der Waals surface area contributed by atoms with Crippen molar-refractivity contribution in [1.82, 2.24) is 9.97 Å². The Morgan fingerprint density at radius 3 is 2.94 bits per heavy atom. The number of aromatic nitrogens is 2. The molecule has 0 aliphatic carbocycles. The average Bonchev–Trinajstić information content (AvgIpc) is 2.77. The highest BCUT2D eigenvalue weighted by Gasteiger charge is 2.10. The van der Waals surface area contributed by atoms with Gasteiger partial charge in [0.15, 0.2) is 0 Å². The molecule has 1 aromatic carbocycles. The summed E-state index contributed by atoms with van der Waals surface area (Å²) in [4.78, 5) is 6.98. The van der Waals surface area contributed by atoms with Crippen molar-refractivity contribution in [3.8, 4) is 0 Å². The number of halogens is 2. The van der Waals surface area contributed by atoms with Crippen LogP contribution in [0.5, 0.6) is 0 Å². The van der Waals surface area contributed by atoms with Crippen molar-refractivity contribution in [1.29, 1.82) is 0 Å². The molecule has 0 saturated heterocycles. The van der Waals surface area contributed by atoms with Gasteiger partial charge in [-0.1, -0.05) is 17.7 Å². The van der Waals surface area contributed by atoms with E-state index in [1.54, 1.807) is 18.5 Å². The molecule has 2 rings (SSSR count). The van der Waals surface area contributed by atoms with Crippen LogP contribution < -0.4 is 5.73 Å². The first-order valence-electron chi connectivity index (χ1n) is 4.85. The predicted molar refractivity (Wildman–Crippen MR) is 60.6 cm³/mol. The largest absolute Gasteiger partial charge is 0.347 e. The van der Waals surface area contributed by atoms with Gasteiger partial charge >= 0.3 is 0 Å². The fraction of sp³-hybridized carbons (Fsp3) is 0.182. The van der Waals surface area contributed by atoms with Gasteiger partial charge in [0.05, 0.1) is 11.1 Å². The summed E-state index contributed by atoms with van der Waals surface area (Å²) in [5.41, 5.74) is 6.71. The summed E-state index contributed by atoms with van der Waals surface area (Å²) in [6, 6.07) is 4.41. The lowest BCUT2D eigenvalue weighted by Crippen LogP contribution is -2.15. The SMILES string of the molecule is NC(Cc1ccc(Cl)c(F)c1)c1ncc[nH]1. The molecule has 0 aliphatic heterocycles. The molecule has 2 aromatic rings. The van der Waals surface area contributed by atoms with Crippen molar-refractivity contribution in [2.75, 3.05) is 0 Å². The summed E-state index contributed by atoms with van der Waals surface area (Å²) in [6.07, 6.45) is 3.86. The minimum absolute atomic E-state index is 0.121. The number of nitrogens with two attached hydrogens (primary N) is 1. The molecule has 16 heavy (non-hydrogen) atoms. The van der Waals surface area contributed by atoms with Crippen LogP contribution in [-0.4, -0.2) is 9.97 Å². The van der Waals surface area contributed by atoms with E-state index in [9.17, 15) is 4.39 Å². The van der Waals surface area contributed by atoms with E-state index in [4.69, 9.17) is 17.3 Å². The minimum atomic E-state index is -0.425. The highest BCUT2D eigenvalue weighted by molar-refractivity contribution is 6.30. The molecule has 0 aliphatic rings. The van der Waals surface area contributed by atoms with Crippen LogP contribution in [0.15, 0.2) is 30.6 Å². The molecule has 3 nitrogen and oxygen atoms in total. The predicted octanol–water partition coefficient (Wildman–Crippen LogP) is 2.44. The fourth-order valence-electron chi connectivity index (χ4n) is 1.50. The van der Waals surface area contributed by atoms with E-state index in [2.05, 4.69) is 9.97 Å². The molecule has 1 atom stereocenters. The van der Waals surface area contributed by atoms with E-state index >= 15 is 0 Å². The molecule has 0 amide bonds. The molecule has 0 radical (unpaired) electrons. The molecular weight excluding hydrogens is 229 g/mol. The van der Waals surface area contributed by atoms with Crippen LogP contribution in [0.25, 0.3) is 0 Å². The van der Waals surface area contributed by atoms with Crippen LogP contribution in [0.3, 0.4) is 0 Å². The van der Waals surface area contributed by atoms with Crippen molar-refractivity contribution < 1.29 is 4.39 Å². The number of imidazole rings is 1. The van der Waals surface area contributed by atoms with Crippen LogP contribution in [0.1, 0.15) is 17.4 Å². The van der Waals surface area contributed by atoms with Gasteiger partial charge in [0.25, 0.3) is 0 Å². The molecule has 84 valence electrons. The highest BCUT2D eigenvalue weighted by Crippen LogP contribution is 2.18. The summed E-state index contributed by atoms with van der Waals surface area (Å²) >= 11 is 5.59. The lowest BCUT2D eigenvalue weighted by atomic mass is 10.1. The van der Waals surface area contributed by atoms with E-state index in [0.717, 1.165) is 5.56 Å². The van der Waals surface area contributed by atoms with Crippen molar-refractivity contribution in [2.45, 2.75) is 12.5 Å². The van der Waals surface area contributed by atoms with Gasteiger partial charge in [0.2, 0.25) is 0 Å². The second-order valence-electron chi connectivity index (χ2n) is 3.53. The second kappa shape index (κ2) is 4.63. The summed E-state index contributed by atoms with van der Waals surface area (Å²) in [6.45, 7) is 0. The highest BCUT2D eigenvalue weighted by atomic mass is 35.5. The summed E-state index contributed by atoms with van der Waals surface area (Å²) in [5.74, 6) is 0.265. The van der Waals surface area contributed by atoms with E-state index < -0.39 is 5.82 Å². The summed E-state index contributed by atoms with van der Waals surface area (Å²) < 4.78 is 13.2. The number of nitrogens with zero attached hydrogens (tertiary/aromatic N) is 1. The Hall–Kier alpha value is -1.39. The van der Waals surface area contributed by atoms with Crippen LogP contribution in [0.4, 0.5) is 4.39 Å². The average molecular weight is 240 g/mol. The minimum Gasteiger partial charge on any atom is -0.347 e. The number of hydrogen-bond acceptors (Lipinski definition) is 2. The zero-order valence-corrected chi connectivity index (χ0v) is 9.21. The van der Waals surface area contributed by atoms with Crippen molar-refractivity contribution >= 4 is 11.6 Å². The Kier molecular flexibility index (Phi) is 3.22. The van der Waals surface area contributed by atoms with Gasteiger partial charge in [-0.05, 0) is 24.1 Å². The maximum absolute atomic E-state index is 13.2. The van der Waals surface area contributed by atoms with Crippen molar-refractivity contribution in [3.63, 3.8) is 0 Å². The Labute approximate surface area is 97.5 Å². The third-order valence-electron chi connectivity index (χ3n) is 2.31. The first kappa shape index (κ1) is 11.1. The lowest BCUT2D eigenvalue weighted by Gasteiger charge is -2.09.